The number of benzene rings is 2. The van der Waals surface area contributed by atoms with E-state index in [0.29, 0.717) is 41.9 Å². The number of rotatable bonds is 6. The summed E-state index contributed by atoms with van der Waals surface area (Å²) in [5.41, 5.74) is 4.55. The highest BCUT2D eigenvalue weighted by Gasteiger charge is 2.33. The van der Waals surface area contributed by atoms with E-state index in [4.69, 9.17) is 9.51 Å². The van der Waals surface area contributed by atoms with E-state index < -0.39 is 27.8 Å². The van der Waals surface area contributed by atoms with E-state index in [1.165, 1.54) is 6.07 Å². The Bertz CT molecular complexity index is 1610. The summed E-state index contributed by atoms with van der Waals surface area (Å²) in [4.78, 5) is 4.93. The zero-order chi connectivity index (χ0) is 28.1. The fraction of sp³-hybridized carbons (Fsp3) is 0.407. The molecule has 0 N–H and O–H groups in total. The smallest absolute Gasteiger partial charge is 0.403 e. The van der Waals surface area contributed by atoms with Gasteiger partial charge in [0.25, 0.3) is 0 Å². The second-order valence-electron chi connectivity index (χ2n) is 10.0. The number of imidazole rings is 1. The summed E-state index contributed by atoms with van der Waals surface area (Å²) in [5, 5.41) is 4.03. The van der Waals surface area contributed by atoms with Gasteiger partial charge in [-0.15, -0.1) is 13.2 Å². The van der Waals surface area contributed by atoms with Crippen molar-refractivity contribution >= 4 is 20.9 Å². The molecule has 7 nitrogen and oxygen atoms in total. The quantitative estimate of drug-likeness (QED) is 0.250. The first-order valence-corrected chi connectivity index (χ1v) is 14.3. The summed E-state index contributed by atoms with van der Waals surface area (Å²) in [6.07, 6.45) is -3.81. The fourth-order valence-electron chi connectivity index (χ4n) is 5.36. The summed E-state index contributed by atoms with van der Waals surface area (Å²) < 4.78 is 87.4. The molecule has 0 aliphatic carbocycles. The highest BCUT2D eigenvalue weighted by atomic mass is 32.2. The molecule has 0 amide bonds. The standard InChI is InChI=1S/C27H27F4N3O4S/c1-15(12-18-4-7-24(21(28)13-18)37-27(29,30)31)26-32-22-14-19(25-16(2)33-38-17(25)3)5-6-23(22)34(26)20-8-10-39(35,36)11-9-20/h4-7,13-15,20H,8-12H2,1-3H3/t15-/m0/s1. The molecule has 12 heteroatoms. The molecule has 1 saturated heterocycles. The van der Waals surface area contributed by atoms with Crippen molar-refractivity contribution in [2.75, 3.05) is 11.5 Å². The van der Waals surface area contributed by atoms with Crippen LogP contribution < -0.4 is 4.74 Å². The molecule has 3 heterocycles. The van der Waals surface area contributed by atoms with Crippen LogP contribution in [0.4, 0.5) is 17.6 Å². The van der Waals surface area contributed by atoms with Crippen molar-refractivity contribution in [1.82, 2.24) is 14.7 Å². The van der Waals surface area contributed by atoms with Gasteiger partial charge in [0.1, 0.15) is 21.4 Å². The predicted molar refractivity (Wildman–Crippen MR) is 137 cm³/mol. The van der Waals surface area contributed by atoms with Crippen molar-refractivity contribution in [3.05, 3.63) is 65.1 Å². The molecule has 0 radical (unpaired) electrons. The average molecular weight is 566 g/mol. The van der Waals surface area contributed by atoms with Gasteiger partial charge in [-0.25, -0.2) is 17.8 Å². The molecule has 0 saturated carbocycles. The Kier molecular flexibility index (Phi) is 6.94. The number of fused-ring (bicyclic) bond motifs is 1. The summed E-state index contributed by atoms with van der Waals surface area (Å²) in [6.45, 7) is 5.59. The molecule has 1 atom stereocenters. The summed E-state index contributed by atoms with van der Waals surface area (Å²) in [6, 6.07) is 9.15. The van der Waals surface area contributed by atoms with Crippen molar-refractivity contribution in [2.24, 2.45) is 0 Å². The molecule has 39 heavy (non-hydrogen) atoms. The number of hydrogen-bond acceptors (Lipinski definition) is 6. The Hall–Kier alpha value is -3.41. The first-order valence-electron chi connectivity index (χ1n) is 12.5. The van der Waals surface area contributed by atoms with E-state index in [9.17, 15) is 26.0 Å². The van der Waals surface area contributed by atoms with Crippen LogP contribution in [0.15, 0.2) is 40.9 Å². The molecule has 208 valence electrons. The number of aromatic nitrogens is 3. The monoisotopic (exact) mass is 565 g/mol. The second-order valence-corrected chi connectivity index (χ2v) is 12.3. The largest absolute Gasteiger partial charge is 0.573 e. The zero-order valence-electron chi connectivity index (χ0n) is 21.5. The zero-order valence-corrected chi connectivity index (χ0v) is 22.4. The molecule has 5 rings (SSSR count). The van der Waals surface area contributed by atoms with Gasteiger partial charge in [0.2, 0.25) is 0 Å². The SMILES string of the molecule is Cc1noc(C)c1-c1ccc2c(c1)nc([C@@H](C)Cc1ccc(OC(F)(F)F)c(F)c1)n2C1CCS(=O)(=O)CC1. The lowest BCUT2D eigenvalue weighted by Gasteiger charge is -2.27. The van der Waals surface area contributed by atoms with Gasteiger partial charge in [0.15, 0.2) is 11.6 Å². The van der Waals surface area contributed by atoms with Gasteiger partial charge in [-0.05, 0) is 68.5 Å². The van der Waals surface area contributed by atoms with Crippen LogP contribution in [0.1, 0.15) is 54.6 Å². The number of ether oxygens (including phenoxy) is 1. The van der Waals surface area contributed by atoms with Crippen LogP contribution in [0.2, 0.25) is 0 Å². The molecule has 1 fully saturated rings. The molecule has 4 aromatic rings. The number of nitrogens with zero attached hydrogens (tertiary/aromatic N) is 3. The molecule has 0 unspecified atom stereocenters. The van der Waals surface area contributed by atoms with Crippen molar-refractivity contribution in [1.29, 1.82) is 0 Å². The predicted octanol–water partition coefficient (Wildman–Crippen LogP) is 6.44. The van der Waals surface area contributed by atoms with Crippen LogP contribution in [0, 0.1) is 19.7 Å². The molecular formula is C27H27F4N3O4S. The minimum Gasteiger partial charge on any atom is -0.403 e. The highest BCUT2D eigenvalue weighted by molar-refractivity contribution is 7.91. The van der Waals surface area contributed by atoms with E-state index in [-0.39, 0.29) is 23.5 Å². The van der Waals surface area contributed by atoms with E-state index >= 15 is 0 Å². The van der Waals surface area contributed by atoms with E-state index in [2.05, 4.69) is 14.5 Å². The normalized spacial score (nSPS) is 17.0. The minimum absolute atomic E-state index is 0.0776. The summed E-state index contributed by atoms with van der Waals surface area (Å²) in [7, 11) is -3.09. The lowest BCUT2D eigenvalue weighted by Crippen LogP contribution is -2.27. The van der Waals surface area contributed by atoms with E-state index in [1.807, 2.05) is 39.0 Å². The Balaban J connectivity index is 1.53. The fourth-order valence-corrected chi connectivity index (χ4v) is 6.83. The number of aryl methyl sites for hydroxylation is 2. The summed E-state index contributed by atoms with van der Waals surface area (Å²) in [5.74, 6) is -0.720. The first-order chi connectivity index (χ1) is 18.3. The van der Waals surface area contributed by atoms with Crippen LogP contribution in [0.25, 0.3) is 22.2 Å². The van der Waals surface area contributed by atoms with Crippen LogP contribution in [-0.2, 0) is 16.3 Å². The van der Waals surface area contributed by atoms with Gasteiger partial charge < -0.3 is 13.8 Å². The van der Waals surface area contributed by atoms with Gasteiger partial charge in [0, 0.05) is 17.5 Å². The molecule has 2 aromatic carbocycles. The molecule has 1 aliphatic heterocycles. The van der Waals surface area contributed by atoms with Gasteiger partial charge in [-0.3, -0.25) is 0 Å². The van der Waals surface area contributed by atoms with Crippen LogP contribution in [0.5, 0.6) is 5.75 Å². The van der Waals surface area contributed by atoms with Crippen LogP contribution in [0.3, 0.4) is 0 Å². The van der Waals surface area contributed by atoms with Crippen molar-refractivity contribution < 1.29 is 35.2 Å². The van der Waals surface area contributed by atoms with Crippen molar-refractivity contribution in [2.45, 2.75) is 58.4 Å². The Morgan fingerprint density at radius 3 is 2.46 bits per heavy atom. The average Bonchev–Trinajstić information content (AvgIpc) is 3.39. The minimum atomic E-state index is -4.99. The first kappa shape index (κ1) is 27.2. The third-order valence-corrected chi connectivity index (χ3v) is 8.85. The number of halogens is 4. The van der Waals surface area contributed by atoms with Crippen molar-refractivity contribution in [3.63, 3.8) is 0 Å². The maximum atomic E-state index is 14.4. The van der Waals surface area contributed by atoms with Crippen LogP contribution in [-0.4, -0.2) is 41.0 Å². The number of alkyl halides is 3. The van der Waals surface area contributed by atoms with Gasteiger partial charge in [0.05, 0.1) is 28.2 Å². The molecule has 2 aromatic heterocycles. The van der Waals surface area contributed by atoms with E-state index in [0.717, 1.165) is 34.5 Å². The van der Waals surface area contributed by atoms with Crippen molar-refractivity contribution in [3.8, 4) is 16.9 Å². The summed E-state index contributed by atoms with van der Waals surface area (Å²) >= 11 is 0. The van der Waals surface area contributed by atoms with Crippen LogP contribution >= 0.6 is 0 Å². The highest BCUT2D eigenvalue weighted by Crippen LogP contribution is 2.36. The lowest BCUT2D eigenvalue weighted by atomic mass is 9.99. The maximum Gasteiger partial charge on any atom is 0.573 e. The third kappa shape index (κ3) is 5.66. The molecule has 0 spiro atoms. The lowest BCUT2D eigenvalue weighted by molar-refractivity contribution is -0.275. The topological polar surface area (TPSA) is 87.2 Å². The number of hydrogen-bond donors (Lipinski definition) is 0. The molecular weight excluding hydrogens is 538 g/mol. The van der Waals surface area contributed by atoms with Gasteiger partial charge in [-0.1, -0.05) is 24.2 Å². The second kappa shape index (κ2) is 9.96. The third-order valence-electron chi connectivity index (χ3n) is 7.13. The van der Waals surface area contributed by atoms with E-state index in [1.54, 1.807) is 0 Å². The van der Waals surface area contributed by atoms with Gasteiger partial charge in [-0.2, -0.15) is 0 Å². The molecule has 1 aliphatic rings. The number of sulfone groups is 1. The Morgan fingerprint density at radius 1 is 1.13 bits per heavy atom. The Morgan fingerprint density at radius 2 is 1.85 bits per heavy atom. The Labute approximate surface area is 222 Å². The maximum absolute atomic E-state index is 14.4. The van der Waals surface area contributed by atoms with Gasteiger partial charge >= 0.3 is 6.36 Å². The molecule has 0 bridgehead atoms.